The van der Waals surface area contributed by atoms with E-state index in [-0.39, 0.29) is 12.1 Å². The van der Waals surface area contributed by atoms with Crippen LogP contribution in [0.2, 0.25) is 0 Å². The Morgan fingerprint density at radius 1 is 1.20 bits per heavy atom. The first kappa shape index (κ1) is 13.2. The minimum absolute atomic E-state index is 0.0108. The number of nitrogens with two attached hydrogens (primary N) is 1. The van der Waals surface area contributed by atoms with Crippen LogP contribution in [0.5, 0.6) is 5.75 Å². The Morgan fingerprint density at radius 2 is 2.05 bits per heavy atom. The fourth-order valence-electron chi connectivity index (χ4n) is 2.71. The summed E-state index contributed by atoms with van der Waals surface area (Å²) in [4.78, 5) is 0. The number of para-hydroxylation sites is 1. The molecule has 3 heteroatoms. The summed E-state index contributed by atoms with van der Waals surface area (Å²) in [7, 11) is 1.70. The van der Waals surface area contributed by atoms with E-state index in [4.69, 9.17) is 15.2 Å². The van der Waals surface area contributed by atoms with Crippen molar-refractivity contribution < 1.29 is 9.47 Å². The molecule has 2 aromatic rings. The average Bonchev–Trinajstić information content (AvgIpc) is 2.48. The third-order valence-corrected chi connectivity index (χ3v) is 3.69. The topological polar surface area (TPSA) is 44.5 Å². The summed E-state index contributed by atoms with van der Waals surface area (Å²) in [6.45, 7) is 0.614. The molecular weight excluding hydrogens is 250 g/mol. The smallest absolute Gasteiger partial charge is 0.126 e. The van der Waals surface area contributed by atoms with Crippen LogP contribution in [0.15, 0.2) is 48.5 Å². The number of methoxy groups -OCH3 is 1. The molecule has 0 spiro atoms. The highest BCUT2D eigenvalue weighted by atomic mass is 16.5. The van der Waals surface area contributed by atoms with Crippen LogP contribution in [-0.4, -0.2) is 7.11 Å². The molecule has 2 unspecified atom stereocenters. The summed E-state index contributed by atoms with van der Waals surface area (Å²) in [6, 6.07) is 16.4. The predicted molar refractivity (Wildman–Crippen MR) is 78.5 cm³/mol. The molecule has 0 radical (unpaired) electrons. The predicted octanol–water partition coefficient (Wildman–Crippen LogP) is 3.36. The molecule has 1 aliphatic rings. The minimum atomic E-state index is 0.0108. The third kappa shape index (κ3) is 2.55. The van der Waals surface area contributed by atoms with Gasteiger partial charge in [-0.2, -0.15) is 0 Å². The van der Waals surface area contributed by atoms with Crippen LogP contribution in [0.4, 0.5) is 0 Å². The van der Waals surface area contributed by atoms with E-state index in [0.29, 0.717) is 6.61 Å². The van der Waals surface area contributed by atoms with Crippen LogP contribution in [0.25, 0.3) is 0 Å². The molecule has 3 rings (SSSR count). The van der Waals surface area contributed by atoms with Gasteiger partial charge in [0, 0.05) is 25.1 Å². The molecule has 2 N–H and O–H groups in total. The van der Waals surface area contributed by atoms with Crippen molar-refractivity contribution in [2.24, 2.45) is 5.73 Å². The Morgan fingerprint density at radius 3 is 2.90 bits per heavy atom. The molecule has 1 heterocycles. The monoisotopic (exact) mass is 269 g/mol. The third-order valence-electron chi connectivity index (χ3n) is 3.69. The maximum Gasteiger partial charge on any atom is 0.126 e. The highest BCUT2D eigenvalue weighted by Crippen LogP contribution is 2.39. The minimum Gasteiger partial charge on any atom is -0.485 e. The van der Waals surface area contributed by atoms with Crippen molar-refractivity contribution in [3.63, 3.8) is 0 Å². The summed E-state index contributed by atoms with van der Waals surface area (Å²) in [6.07, 6.45) is 0.810. The molecule has 0 aliphatic carbocycles. The zero-order valence-electron chi connectivity index (χ0n) is 11.6. The van der Waals surface area contributed by atoms with E-state index < -0.39 is 0 Å². The summed E-state index contributed by atoms with van der Waals surface area (Å²) >= 11 is 0. The van der Waals surface area contributed by atoms with Crippen LogP contribution >= 0.6 is 0 Å². The van der Waals surface area contributed by atoms with E-state index in [0.717, 1.165) is 28.9 Å². The van der Waals surface area contributed by atoms with Crippen LogP contribution in [0.1, 0.15) is 35.3 Å². The zero-order chi connectivity index (χ0) is 13.9. The van der Waals surface area contributed by atoms with Crippen molar-refractivity contribution >= 4 is 0 Å². The number of ether oxygens (including phenoxy) is 2. The molecule has 0 fully saturated rings. The van der Waals surface area contributed by atoms with Crippen LogP contribution in [-0.2, 0) is 11.3 Å². The maximum absolute atomic E-state index is 6.27. The van der Waals surface area contributed by atoms with Crippen molar-refractivity contribution in [1.29, 1.82) is 0 Å². The van der Waals surface area contributed by atoms with E-state index in [2.05, 4.69) is 18.2 Å². The number of hydrogen-bond acceptors (Lipinski definition) is 3. The molecule has 0 amide bonds. The van der Waals surface area contributed by atoms with Gasteiger partial charge in [-0.25, -0.2) is 0 Å². The van der Waals surface area contributed by atoms with Gasteiger partial charge in [0.15, 0.2) is 0 Å². The lowest BCUT2D eigenvalue weighted by atomic mass is 9.93. The summed E-state index contributed by atoms with van der Waals surface area (Å²) in [5.74, 6) is 0.897. The molecule has 2 aromatic carbocycles. The van der Waals surface area contributed by atoms with Crippen molar-refractivity contribution in [2.45, 2.75) is 25.2 Å². The van der Waals surface area contributed by atoms with Gasteiger partial charge >= 0.3 is 0 Å². The SMILES string of the molecule is COCc1cccc(C2CC(N)c3ccccc3O2)c1. The molecule has 0 aromatic heterocycles. The summed E-state index contributed by atoms with van der Waals surface area (Å²) < 4.78 is 11.3. The van der Waals surface area contributed by atoms with Gasteiger partial charge in [0.05, 0.1) is 6.61 Å². The number of hydrogen-bond donors (Lipinski definition) is 1. The Balaban J connectivity index is 1.87. The average molecular weight is 269 g/mol. The van der Waals surface area contributed by atoms with Gasteiger partial charge in [0.25, 0.3) is 0 Å². The van der Waals surface area contributed by atoms with Gasteiger partial charge in [-0.15, -0.1) is 0 Å². The fraction of sp³-hybridized carbons (Fsp3) is 0.294. The molecule has 0 saturated heterocycles. The van der Waals surface area contributed by atoms with E-state index in [1.54, 1.807) is 7.11 Å². The highest BCUT2D eigenvalue weighted by molar-refractivity contribution is 5.39. The van der Waals surface area contributed by atoms with Crippen molar-refractivity contribution in [2.75, 3.05) is 7.11 Å². The Labute approximate surface area is 119 Å². The lowest BCUT2D eigenvalue weighted by Crippen LogP contribution is -2.24. The van der Waals surface area contributed by atoms with Crippen LogP contribution in [0, 0.1) is 0 Å². The Bertz CT molecular complexity index is 597. The van der Waals surface area contributed by atoms with Gasteiger partial charge < -0.3 is 15.2 Å². The first-order valence-corrected chi connectivity index (χ1v) is 6.87. The first-order chi connectivity index (χ1) is 9.78. The van der Waals surface area contributed by atoms with Gasteiger partial charge in [-0.05, 0) is 23.3 Å². The molecule has 0 bridgehead atoms. The molecular formula is C17H19NO2. The second kappa shape index (κ2) is 5.65. The van der Waals surface area contributed by atoms with Gasteiger partial charge in [-0.3, -0.25) is 0 Å². The molecule has 2 atom stereocenters. The summed E-state index contributed by atoms with van der Waals surface area (Å²) in [5.41, 5.74) is 9.67. The van der Waals surface area contributed by atoms with E-state index in [9.17, 15) is 0 Å². The van der Waals surface area contributed by atoms with Gasteiger partial charge in [-0.1, -0.05) is 36.4 Å². The van der Waals surface area contributed by atoms with E-state index in [1.165, 1.54) is 0 Å². The van der Waals surface area contributed by atoms with Crippen molar-refractivity contribution in [3.8, 4) is 5.75 Å². The summed E-state index contributed by atoms with van der Waals surface area (Å²) in [5, 5.41) is 0. The lowest BCUT2D eigenvalue weighted by Gasteiger charge is -2.30. The Hall–Kier alpha value is -1.84. The quantitative estimate of drug-likeness (QED) is 0.929. The van der Waals surface area contributed by atoms with Crippen LogP contribution in [0.3, 0.4) is 0 Å². The van der Waals surface area contributed by atoms with Gasteiger partial charge in [0.2, 0.25) is 0 Å². The molecule has 0 saturated carbocycles. The largest absolute Gasteiger partial charge is 0.485 e. The zero-order valence-corrected chi connectivity index (χ0v) is 11.6. The maximum atomic E-state index is 6.27. The number of rotatable bonds is 3. The molecule has 3 nitrogen and oxygen atoms in total. The van der Waals surface area contributed by atoms with Gasteiger partial charge in [0.1, 0.15) is 11.9 Å². The second-order valence-corrected chi connectivity index (χ2v) is 5.16. The Kier molecular flexibility index (Phi) is 3.72. The lowest BCUT2D eigenvalue weighted by molar-refractivity contribution is 0.160. The van der Waals surface area contributed by atoms with E-state index >= 15 is 0 Å². The fourth-order valence-corrected chi connectivity index (χ4v) is 2.71. The molecule has 1 aliphatic heterocycles. The van der Waals surface area contributed by atoms with E-state index in [1.807, 2.05) is 30.3 Å². The standard InChI is InChI=1S/C17H19NO2/c1-19-11-12-5-4-6-13(9-12)17-10-15(18)14-7-2-3-8-16(14)20-17/h2-9,15,17H,10-11,18H2,1H3. The van der Waals surface area contributed by atoms with Crippen LogP contribution < -0.4 is 10.5 Å². The number of benzene rings is 2. The molecule has 20 heavy (non-hydrogen) atoms. The van der Waals surface area contributed by atoms with Crippen molar-refractivity contribution in [1.82, 2.24) is 0 Å². The normalized spacial score (nSPS) is 21.1. The molecule has 104 valence electrons. The first-order valence-electron chi connectivity index (χ1n) is 6.87. The van der Waals surface area contributed by atoms with Crippen molar-refractivity contribution in [3.05, 3.63) is 65.2 Å². The highest BCUT2D eigenvalue weighted by Gasteiger charge is 2.26. The number of fused-ring (bicyclic) bond motifs is 1. The second-order valence-electron chi connectivity index (χ2n) is 5.16.